The van der Waals surface area contributed by atoms with Gasteiger partial charge in [0, 0.05) is 0 Å². The third kappa shape index (κ3) is 3.35. The van der Waals surface area contributed by atoms with E-state index >= 15 is 0 Å². The molecule has 2 rings (SSSR count). The van der Waals surface area contributed by atoms with Gasteiger partial charge in [-0.05, 0) is 38.1 Å². The van der Waals surface area contributed by atoms with Crippen molar-refractivity contribution in [2.75, 3.05) is 0 Å². The molecule has 2 aromatic rings. The molecule has 0 amide bonds. The molecule has 0 saturated heterocycles. The highest BCUT2D eigenvalue weighted by atomic mass is 16.5. The first-order valence-corrected chi connectivity index (χ1v) is 5.79. The second-order valence-electron chi connectivity index (χ2n) is 4.20. The number of aryl methyl sites for hydroxylation is 2. The van der Waals surface area contributed by atoms with Gasteiger partial charge in [-0.1, -0.05) is 35.4 Å². The van der Waals surface area contributed by atoms with Gasteiger partial charge in [0.2, 0.25) is 0 Å². The Labute approximate surface area is 107 Å². The second-order valence-corrected chi connectivity index (χ2v) is 4.20. The first-order valence-electron chi connectivity index (χ1n) is 5.79. The van der Waals surface area contributed by atoms with Gasteiger partial charge in [-0.3, -0.25) is 0 Å². The Hall–Kier alpha value is -2.29. The van der Waals surface area contributed by atoms with Crippen molar-refractivity contribution >= 4 is 11.7 Å². The van der Waals surface area contributed by atoms with Crippen LogP contribution in [0.4, 0.5) is 5.69 Å². The average molecular weight is 240 g/mol. The van der Waals surface area contributed by atoms with E-state index in [-0.39, 0.29) is 6.02 Å². The fraction of sp³-hybridized carbons (Fsp3) is 0.133. The summed E-state index contributed by atoms with van der Waals surface area (Å²) in [6.45, 7) is 4.05. The van der Waals surface area contributed by atoms with Crippen LogP contribution >= 0.6 is 0 Å². The lowest BCUT2D eigenvalue weighted by Gasteiger charge is -2.04. The number of nitrogens with two attached hydrogens (primary N) is 1. The summed E-state index contributed by atoms with van der Waals surface area (Å²) >= 11 is 0. The van der Waals surface area contributed by atoms with Crippen molar-refractivity contribution in [2.45, 2.75) is 13.8 Å². The molecule has 0 aromatic heterocycles. The number of amidine groups is 1. The number of nitrogens with zero attached hydrogens (tertiary/aromatic N) is 1. The number of hydrogen-bond acceptors (Lipinski definition) is 2. The summed E-state index contributed by atoms with van der Waals surface area (Å²) in [6, 6.07) is 15.6. The van der Waals surface area contributed by atoms with Crippen molar-refractivity contribution in [1.29, 1.82) is 0 Å². The zero-order chi connectivity index (χ0) is 13.0. The molecule has 92 valence electrons. The lowest BCUT2D eigenvalue weighted by molar-refractivity contribution is 0.542. The van der Waals surface area contributed by atoms with Gasteiger partial charge in [0.25, 0.3) is 6.02 Å². The Balaban J connectivity index is 2.09. The lowest BCUT2D eigenvalue weighted by atomic mass is 10.2. The molecular weight excluding hydrogens is 224 g/mol. The molecule has 2 N–H and O–H groups in total. The van der Waals surface area contributed by atoms with Gasteiger partial charge >= 0.3 is 0 Å². The summed E-state index contributed by atoms with van der Waals surface area (Å²) < 4.78 is 5.43. The predicted octanol–water partition coefficient (Wildman–Crippen LogP) is 3.33. The normalized spacial score (nSPS) is 11.3. The van der Waals surface area contributed by atoms with E-state index in [0.717, 1.165) is 5.69 Å². The number of hydrogen-bond donors (Lipinski definition) is 1. The topological polar surface area (TPSA) is 47.6 Å². The van der Waals surface area contributed by atoms with E-state index < -0.39 is 0 Å². The molecule has 3 nitrogen and oxygen atoms in total. The minimum atomic E-state index is 0.141. The van der Waals surface area contributed by atoms with Crippen molar-refractivity contribution in [2.24, 2.45) is 10.7 Å². The van der Waals surface area contributed by atoms with Crippen molar-refractivity contribution in [1.82, 2.24) is 0 Å². The average Bonchev–Trinajstić information content (AvgIpc) is 2.35. The minimum Gasteiger partial charge on any atom is -0.426 e. The molecule has 0 heterocycles. The molecule has 2 aromatic carbocycles. The summed E-state index contributed by atoms with van der Waals surface area (Å²) in [5.41, 5.74) is 8.89. The molecule has 0 unspecified atom stereocenters. The van der Waals surface area contributed by atoms with Crippen molar-refractivity contribution < 1.29 is 4.74 Å². The van der Waals surface area contributed by atoms with Gasteiger partial charge in [0.1, 0.15) is 5.75 Å². The van der Waals surface area contributed by atoms with Gasteiger partial charge in [0.15, 0.2) is 0 Å². The van der Waals surface area contributed by atoms with Crippen LogP contribution in [0.2, 0.25) is 0 Å². The number of benzene rings is 2. The summed E-state index contributed by atoms with van der Waals surface area (Å²) in [5, 5.41) is 0. The molecular formula is C15H16N2O. The standard InChI is InChI=1S/C15H16N2O/c1-11-3-7-13(8-4-11)17-15(16)18-14-9-5-12(2)6-10-14/h3-10H,1-2H3,(H2,16,17). The highest BCUT2D eigenvalue weighted by Gasteiger charge is 1.98. The zero-order valence-electron chi connectivity index (χ0n) is 10.6. The van der Waals surface area contributed by atoms with Crippen LogP contribution in [-0.4, -0.2) is 6.02 Å². The highest BCUT2D eigenvalue weighted by Crippen LogP contribution is 2.14. The quantitative estimate of drug-likeness (QED) is 0.646. The van der Waals surface area contributed by atoms with Gasteiger partial charge in [-0.25, -0.2) is 0 Å². The Bertz CT molecular complexity index is 542. The Morgan fingerprint density at radius 2 is 1.39 bits per heavy atom. The molecule has 3 heteroatoms. The summed E-state index contributed by atoms with van der Waals surface area (Å²) in [5.74, 6) is 0.689. The fourth-order valence-electron chi connectivity index (χ4n) is 1.50. The third-order valence-electron chi connectivity index (χ3n) is 2.52. The van der Waals surface area contributed by atoms with Gasteiger partial charge in [0.05, 0.1) is 5.69 Å². The SMILES string of the molecule is Cc1ccc(N=C(N)Oc2ccc(C)cc2)cc1. The number of ether oxygens (including phenoxy) is 1. The summed E-state index contributed by atoms with van der Waals surface area (Å²) in [4.78, 5) is 4.19. The lowest BCUT2D eigenvalue weighted by Crippen LogP contribution is -2.19. The largest absolute Gasteiger partial charge is 0.426 e. The van der Waals surface area contributed by atoms with Crippen molar-refractivity contribution in [3.63, 3.8) is 0 Å². The fourth-order valence-corrected chi connectivity index (χ4v) is 1.50. The van der Waals surface area contributed by atoms with E-state index in [1.165, 1.54) is 11.1 Å². The predicted molar refractivity (Wildman–Crippen MR) is 74.3 cm³/mol. The molecule has 0 radical (unpaired) electrons. The molecule has 0 bridgehead atoms. The molecule has 0 fully saturated rings. The Morgan fingerprint density at radius 3 is 1.94 bits per heavy atom. The number of rotatable bonds is 2. The first-order chi connectivity index (χ1) is 8.63. The van der Waals surface area contributed by atoms with Crippen LogP contribution in [0.5, 0.6) is 5.75 Å². The Kier molecular flexibility index (Phi) is 3.63. The van der Waals surface area contributed by atoms with Gasteiger partial charge in [-0.15, -0.1) is 0 Å². The molecule has 0 atom stereocenters. The zero-order valence-corrected chi connectivity index (χ0v) is 10.6. The van der Waals surface area contributed by atoms with E-state index in [2.05, 4.69) is 4.99 Å². The van der Waals surface area contributed by atoms with E-state index in [0.29, 0.717) is 5.75 Å². The van der Waals surface area contributed by atoms with Crippen LogP contribution < -0.4 is 10.5 Å². The first kappa shape index (κ1) is 12.2. The maximum Gasteiger partial charge on any atom is 0.292 e. The highest BCUT2D eigenvalue weighted by molar-refractivity contribution is 5.77. The molecule has 0 aliphatic carbocycles. The van der Waals surface area contributed by atoms with Crippen LogP contribution in [-0.2, 0) is 0 Å². The minimum absolute atomic E-state index is 0.141. The van der Waals surface area contributed by atoms with Crippen molar-refractivity contribution in [3.05, 3.63) is 59.7 Å². The molecule has 0 saturated carbocycles. The molecule has 0 aliphatic rings. The number of aliphatic imine (C=N–C) groups is 1. The molecule has 18 heavy (non-hydrogen) atoms. The van der Waals surface area contributed by atoms with Crippen LogP contribution in [0.15, 0.2) is 53.5 Å². The summed E-state index contributed by atoms with van der Waals surface area (Å²) in [6.07, 6.45) is 0. The van der Waals surface area contributed by atoms with E-state index in [4.69, 9.17) is 10.5 Å². The van der Waals surface area contributed by atoms with E-state index in [9.17, 15) is 0 Å². The van der Waals surface area contributed by atoms with Crippen LogP contribution in [0.3, 0.4) is 0 Å². The van der Waals surface area contributed by atoms with Crippen LogP contribution in [0.1, 0.15) is 11.1 Å². The summed E-state index contributed by atoms with van der Waals surface area (Å²) in [7, 11) is 0. The molecule has 0 spiro atoms. The van der Waals surface area contributed by atoms with Crippen LogP contribution in [0.25, 0.3) is 0 Å². The van der Waals surface area contributed by atoms with Gasteiger partial charge < -0.3 is 10.5 Å². The van der Waals surface area contributed by atoms with Crippen molar-refractivity contribution in [3.8, 4) is 5.75 Å². The smallest absolute Gasteiger partial charge is 0.292 e. The third-order valence-corrected chi connectivity index (χ3v) is 2.52. The monoisotopic (exact) mass is 240 g/mol. The Morgan fingerprint density at radius 1 is 0.889 bits per heavy atom. The maximum atomic E-state index is 5.74. The maximum absolute atomic E-state index is 5.74. The molecule has 0 aliphatic heterocycles. The second kappa shape index (κ2) is 5.36. The van der Waals surface area contributed by atoms with Crippen LogP contribution in [0, 0.1) is 13.8 Å². The van der Waals surface area contributed by atoms with E-state index in [1.807, 2.05) is 62.4 Å². The van der Waals surface area contributed by atoms with E-state index in [1.54, 1.807) is 0 Å². The van der Waals surface area contributed by atoms with Gasteiger partial charge in [-0.2, -0.15) is 4.99 Å².